The van der Waals surface area contributed by atoms with E-state index in [-0.39, 0.29) is 11.5 Å². The smallest absolute Gasteiger partial charge is 0.228 e. The van der Waals surface area contributed by atoms with Gasteiger partial charge in [-0.1, -0.05) is 23.2 Å². The van der Waals surface area contributed by atoms with Gasteiger partial charge in [-0.05, 0) is 43.3 Å². The number of ketones is 1. The van der Waals surface area contributed by atoms with E-state index in [1.807, 2.05) is 0 Å². The predicted molar refractivity (Wildman–Crippen MR) is 80.8 cm³/mol. The molecule has 1 heterocycles. The highest BCUT2D eigenvalue weighted by molar-refractivity contribution is 6.38. The molecule has 0 aliphatic heterocycles. The summed E-state index contributed by atoms with van der Waals surface area (Å²) in [5.41, 5.74) is 1.42. The van der Waals surface area contributed by atoms with E-state index in [1.54, 1.807) is 19.1 Å². The lowest BCUT2D eigenvalue weighted by Gasteiger charge is -1.98. The third kappa shape index (κ3) is 2.43. The summed E-state index contributed by atoms with van der Waals surface area (Å²) in [7, 11) is 0. The van der Waals surface area contributed by atoms with Crippen molar-refractivity contribution < 1.29 is 13.6 Å². The number of rotatable bonds is 2. The Balaban J connectivity index is 2.16. The van der Waals surface area contributed by atoms with Crippen LogP contribution < -0.4 is 0 Å². The monoisotopic (exact) mass is 322 g/mol. The van der Waals surface area contributed by atoms with Crippen molar-refractivity contribution in [1.29, 1.82) is 0 Å². The van der Waals surface area contributed by atoms with E-state index in [9.17, 15) is 9.18 Å². The van der Waals surface area contributed by atoms with Gasteiger partial charge in [-0.2, -0.15) is 0 Å². The van der Waals surface area contributed by atoms with Crippen LogP contribution in [0, 0.1) is 12.7 Å². The number of fused-ring (bicyclic) bond motifs is 1. The minimum atomic E-state index is -0.400. The number of hydrogen-bond acceptors (Lipinski definition) is 2. The minimum Gasteiger partial charge on any atom is -0.451 e. The Labute approximate surface area is 130 Å². The van der Waals surface area contributed by atoms with E-state index in [0.717, 1.165) is 0 Å². The fourth-order valence-electron chi connectivity index (χ4n) is 2.19. The van der Waals surface area contributed by atoms with Gasteiger partial charge in [-0.25, -0.2) is 4.39 Å². The summed E-state index contributed by atoms with van der Waals surface area (Å²) in [6, 6.07) is 8.55. The molecule has 106 valence electrons. The predicted octanol–water partition coefficient (Wildman–Crippen LogP) is 5.42. The number of aryl methyl sites for hydroxylation is 1. The van der Waals surface area contributed by atoms with Crippen LogP contribution in [-0.4, -0.2) is 5.78 Å². The normalized spacial score (nSPS) is 11.0. The molecular weight excluding hydrogens is 314 g/mol. The highest BCUT2D eigenvalue weighted by Crippen LogP contribution is 2.34. The quantitative estimate of drug-likeness (QED) is 0.590. The van der Waals surface area contributed by atoms with Gasteiger partial charge >= 0.3 is 0 Å². The summed E-state index contributed by atoms with van der Waals surface area (Å²) in [5.74, 6) is -0.542. The highest BCUT2D eigenvalue weighted by Gasteiger charge is 2.21. The molecule has 1 aromatic heterocycles. The van der Waals surface area contributed by atoms with E-state index in [0.29, 0.717) is 32.1 Å². The average molecular weight is 323 g/mol. The molecular formula is C16H9Cl2FO2. The Morgan fingerprint density at radius 2 is 1.81 bits per heavy atom. The van der Waals surface area contributed by atoms with Gasteiger partial charge < -0.3 is 4.42 Å². The lowest BCUT2D eigenvalue weighted by atomic mass is 10.0. The maximum absolute atomic E-state index is 12.9. The van der Waals surface area contributed by atoms with Gasteiger partial charge in [0, 0.05) is 21.5 Å². The van der Waals surface area contributed by atoms with E-state index >= 15 is 0 Å². The minimum absolute atomic E-state index is 0.181. The molecule has 0 N–H and O–H groups in total. The lowest BCUT2D eigenvalue weighted by molar-refractivity contribution is 0.101. The Kier molecular flexibility index (Phi) is 3.47. The number of halogens is 3. The van der Waals surface area contributed by atoms with Crippen molar-refractivity contribution in [1.82, 2.24) is 0 Å². The molecule has 3 aromatic rings. The van der Waals surface area contributed by atoms with E-state index < -0.39 is 5.82 Å². The van der Waals surface area contributed by atoms with Gasteiger partial charge in [-0.15, -0.1) is 0 Å². The molecule has 0 amide bonds. The maximum atomic E-state index is 12.9. The highest BCUT2D eigenvalue weighted by atomic mass is 35.5. The zero-order valence-electron chi connectivity index (χ0n) is 10.9. The van der Waals surface area contributed by atoms with Gasteiger partial charge in [0.05, 0.1) is 5.02 Å². The standard InChI is InChI=1S/C16H9Cl2FO2/c1-8-12-6-10(17)7-13(18)16(12)21-15(8)14(20)9-2-4-11(19)5-3-9/h2-7H,1H3. The van der Waals surface area contributed by atoms with Crippen LogP contribution in [0.4, 0.5) is 4.39 Å². The van der Waals surface area contributed by atoms with Gasteiger partial charge in [0.2, 0.25) is 5.78 Å². The Hall–Kier alpha value is -1.84. The van der Waals surface area contributed by atoms with Crippen LogP contribution in [0.2, 0.25) is 10.0 Å². The van der Waals surface area contributed by atoms with Crippen LogP contribution in [0.25, 0.3) is 11.0 Å². The van der Waals surface area contributed by atoms with Gasteiger partial charge in [0.1, 0.15) is 5.82 Å². The first-order valence-electron chi connectivity index (χ1n) is 6.16. The summed E-state index contributed by atoms with van der Waals surface area (Å²) < 4.78 is 18.5. The van der Waals surface area contributed by atoms with E-state index in [1.165, 1.54) is 24.3 Å². The number of carbonyl (C=O) groups is 1. The van der Waals surface area contributed by atoms with Crippen molar-refractivity contribution in [3.63, 3.8) is 0 Å². The number of carbonyl (C=O) groups excluding carboxylic acids is 1. The average Bonchev–Trinajstić information content (AvgIpc) is 2.77. The summed E-state index contributed by atoms with van der Waals surface area (Å²) in [5, 5.41) is 1.51. The molecule has 0 radical (unpaired) electrons. The molecule has 0 saturated carbocycles. The molecule has 0 aliphatic rings. The molecule has 0 unspecified atom stereocenters. The molecule has 0 atom stereocenters. The fraction of sp³-hybridized carbons (Fsp3) is 0.0625. The lowest BCUT2D eigenvalue weighted by Crippen LogP contribution is -2.01. The van der Waals surface area contributed by atoms with Crippen LogP contribution in [-0.2, 0) is 0 Å². The molecule has 21 heavy (non-hydrogen) atoms. The molecule has 5 heteroatoms. The third-order valence-corrected chi connectivity index (χ3v) is 3.77. The van der Waals surface area contributed by atoms with Gasteiger partial charge in [-0.3, -0.25) is 4.79 Å². The fourth-order valence-corrected chi connectivity index (χ4v) is 2.72. The summed E-state index contributed by atoms with van der Waals surface area (Å²) in [4.78, 5) is 12.5. The van der Waals surface area contributed by atoms with Crippen LogP contribution in [0.5, 0.6) is 0 Å². The van der Waals surface area contributed by atoms with Crippen LogP contribution in [0.15, 0.2) is 40.8 Å². The number of benzene rings is 2. The molecule has 2 aromatic carbocycles. The number of hydrogen-bond donors (Lipinski definition) is 0. The summed E-state index contributed by atoms with van der Waals surface area (Å²) in [6.07, 6.45) is 0. The SMILES string of the molecule is Cc1c(C(=O)c2ccc(F)cc2)oc2c(Cl)cc(Cl)cc12. The molecule has 0 fully saturated rings. The van der Waals surface area contributed by atoms with Crippen LogP contribution >= 0.6 is 23.2 Å². The van der Waals surface area contributed by atoms with Gasteiger partial charge in [0.15, 0.2) is 11.3 Å². The van der Waals surface area contributed by atoms with Crippen molar-refractivity contribution in [2.75, 3.05) is 0 Å². The molecule has 0 bridgehead atoms. The van der Waals surface area contributed by atoms with Crippen LogP contribution in [0.3, 0.4) is 0 Å². The van der Waals surface area contributed by atoms with Gasteiger partial charge in [0.25, 0.3) is 0 Å². The molecule has 0 spiro atoms. The molecule has 3 rings (SSSR count). The van der Waals surface area contributed by atoms with Crippen molar-refractivity contribution in [3.05, 3.63) is 69.1 Å². The van der Waals surface area contributed by atoms with Crippen LogP contribution in [0.1, 0.15) is 21.7 Å². The second kappa shape index (κ2) is 5.17. The molecule has 0 saturated heterocycles. The first-order valence-corrected chi connectivity index (χ1v) is 6.91. The summed E-state index contributed by atoms with van der Waals surface area (Å²) in [6.45, 7) is 1.76. The Morgan fingerprint density at radius 3 is 2.48 bits per heavy atom. The molecule has 2 nitrogen and oxygen atoms in total. The Bertz CT molecular complexity index is 851. The topological polar surface area (TPSA) is 30.2 Å². The zero-order valence-corrected chi connectivity index (χ0v) is 12.4. The van der Waals surface area contributed by atoms with Crippen molar-refractivity contribution in [2.45, 2.75) is 6.92 Å². The van der Waals surface area contributed by atoms with Crippen molar-refractivity contribution in [3.8, 4) is 0 Å². The first-order chi connectivity index (χ1) is 9.97. The van der Waals surface area contributed by atoms with E-state index in [2.05, 4.69) is 0 Å². The number of furan rings is 1. The van der Waals surface area contributed by atoms with Crippen molar-refractivity contribution >= 4 is 40.0 Å². The first kappa shape index (κ1) is 14.1. The Morgan fingerprint density at radius 1 is 1.14 bits per heavy atom. The summed E-state index contributed by atoms with van der Waals surface area (Å²) >= 11 is 12.0. The maximum Gasteiger partial charge on any atom is 0.228 e. The molecule has 0 aliphatic carbocycles. The van der Waals surface area contributed by atoms with E-state index in [4.69, 9.17) is 27.6 Å². The third-order valence-electron chi connectivity index (χ3n) is 3.27. The van der Waals surface area contributed by atoms with Crippen molar-refractivity contribution in [2.24, 2.45) is 0 Å². The second-order valence-corrected chi connectivity index (χ2v) is 5.50. The largest absolute Gasteiger partial charge is 0.451 e. The zero-order chi connectivity index (χ0) is 15.1. The second-order valence-electron chi connectivity index (χ2n) is 4.66.